The molecular formula is C9H16N2O2. The van der Waals surface area contributed by atoms with Crippen molar-refractivity contribution < 1.29 is 9.53 Å². The highest BCUT2D eigenvalue weighted by Gasteiger charge is 2.35. The van der Waals surface area contributed by atoms with E-state index in [1.54, 1.807) is 0 Å². The van der Waals surface area contributed by atoms with E-state index in [4.69, 9.17) is 10.5 Å². The Morgan fingerprint density at radius 1 is 1.38 bits per heavy atom. The van der Waals surface area contributed by atoms with Crippen LogP contribution in [0.2, 0.25) is 0 Å². The van der Waals surface area contributed by atoms with Gasteiger partial charge < -0.3 is 15.4 Å². The Morgan fingerprint density at radius 2 is 2.00 bits per heavy atom. The molecule has 4 heteroatoms. The van der Waals surface area contributed by atoms with Gasteiger partial charge in [-0.25, -0.2) is 0 Å². The SMILES string of the molecule is NC(C(=O)N1CCOCC1)C1CC1. The quantitative estimate of drug-likeness (QED) is 0.634. The molecule has 0 aromatic heterocycles. The Balaban J connectivity index is 1.86. The standard InChI is InChI=1S/C9H16N2O2/c10-8(7-1-2-7)9(12)11-3-5-13-6-4-11/h7-8H,1-6,10H2. The lowest BCUT2D eigenvalue weighted by Gasteiger charge is -2.29. The van der Waals surface area contributed by atoms with Crippen LogP contribution in [-0.4, -0.2) is 43.2 Å². The van der Waals surface area contributed by atoms with E-state index in [0.29, 0.717) is 32.2 Å². The molecule has 13 heavy (non-hydrogen) atoms. The lowest BCUT2D eigenvalue weighted by atomic mass is 10.1. The first-order valence-electron chi connectivity index (χ1n) is 4.91. The molecule has 1 heterocycles. The van der Waals surface area contributed by atoms with Crippen molar-refractivity contribution in [1.29, 1.82) is 0 Å². The van der Waals surface area contributed by atoms with E-state index in [9.17, 15) is 4.79 Å². The molecule has 1 aliphatic carbocycles. The average molecular weight is 184 g/mol. The smallest absolute Gasteiger partial charge is 0.239 e. The van der Waals surface area contributed by atoms with Gasteiger partial charge in [-0.1, -0.05) is 0 Å². The Labute approximate surface area is 78.0 Å². The van der Waals surface area contributed by atoms with Crippen molar-refractivity contribution in [2.75, 3.05) is 26.3 Å². The van der Waals surface area contributed by atoms with Crippen LogP contribution in [0, 0.1) is 5.92 Å². The van der Waals surface area contributed by atoms with Crippen LogP contribution in [0.4, 0.5) is 0 Å². The number of carbonyl (C=O) groups is 1. The van der Waals surface area contributed by atoms with Crippen molar-refractivity contribution in [3.63, 3.8) is 0 Å². The molecule has 1 atom stereocenters. The topological polar surface area (TPSA) is 55.6 Å². The van der Waals surface area contributed by atoms with Gasteiger partial charge in [0.05, 0.1) is 19.3 Å². The molecule has 4 nitrogen and oxygen atoms in total. The summed E-state index contributed by atoms with van der Waals surface area (Å²) in [5.41, 5.74) is 5.82. The molecule has 2 aliphatic rings. The largest absolute Gasteiger partial charge is 0.378 e. The third-order valence-electron chi connectivity index (χ3n) is 2.74. The second-order valence-electron chi connectivity index (χ2n) is 3.80. The molecule has 0 spiro atoms. The maximum atomic E-state index is 11.7. The maximum Gasteiger partial charge on any atom is 0.239 e. The van der Waals surface area contributed by atoms with Crippen molar-refractivity contribution in [3.8, 4) is 0 Å². The third-order valence-corrected chi connectivity index (χ3v) is 2.74. The summed E-state index contributed by atoms with van der Waals surface area (Å²) in [7, 11) is 0. The number of carbonyl (C=O) groups excluding carboxylic acids is 1. The van der Waals surface area contributed by atoms with E-state index >= 15 is 0 Å². The molecule has 74 valence electrons. The molecule has 0 bridgehead atoms. The van der Waals surface area contributed by atoms with Gasteiger partial charge in [-0.2, -0.15) is 0 Å². The van der Waals surface area contributed by atoms with E-state index in [-0.39, 0.29) is 11.9 Å². The van der Waals surface area contributed by atoms with Crippen LogP contribution in [0.3, 0.4) is 0 Å². The van der Waals surface area contributed by atoms with Gasteiger partial charge in [-0.15, -0.1) is 0 Å². The highest BCUT2D eigenvalue weighted by Crippen LogP contribution is 2.32. The lowest BCUT2D eigenvalue weighted by molar-refractivity contribution is -0.137. The molecule has 1 saturated heterocycles. The summed E-state index contributed by atoms with van der Waals surface area (Å²) in [5.74, 6) is 0.571. The first-order chi connectivity index (χ1) is 6.29. The molecular weight excluding hydrogens is 168 g/mol. The van der Waals surface area contributed by atoms with E-state index < -0.39 is 0 Å². The molecule has 1 unspecified atom stereocenters. The van der Waals surface area contributed by atoms with Crippen molar-refractivity contribution in [2.24, 2.45) is 11.7 Å². The lowest BCUT2D eigenvalue weighted by Crippen LogP contribution is -2.49. The fraction of sp³-hybridized carbons (Fsp3) is 0.889. The normalized spacial score (nSPS) is 25.8. The van der Waals surface area contributed by atoms with Gasteiger partial charge in [-0.05, 0) is 18.8 Å². The molecule has 1 saturated carbocycles. The molecule has 0 aromatic rings. The fourth-order valence-corrected chi connectivity index (χ4v) is 1.65. The summed E-state index contributed by atoms with van der Waals surface area (Å²) in [4.78, 5) is 13.6. The van der Waals surface area contributed by atoms with Crippen molar-refractivity contribution in [3.05, 3.63) is 0 Å². The van der Waals surface area contributed by atoms with E-state index in [1.807, 2.05) is 4.90 Å². The summed E-state index contributed by atoms with van der Waals surface area (Å²) >= 11 is 0. The Morgan fingerprint density at radius 3 is 2.54 bits per heavy atom. The summed E-state index contributed by atoms with van der Waals surface area (Å²) in [5, 5.41) is 0. The predicted octanol–water partition coefficient (Wildman–Crippen LogP) is -0.418. The highest BCUT2D eigenvalue weighted by atomic mass is 16.5. The summed E-state index contributed by atoms with van der Waals surface area (Å²) in [6, 6.07) is -0.252. The highest BCUT2D eigenvalue weighted by molar-refractivity contribution is 5.82. The number of ether oxygens (including phenoxy) is 1. The Hall–Kier alpha value is -0.610. The van der Waals surface area contributed by atoms with Gasteiger partial charge in [0.15, 0.2) is 0 Å². The number of rotatable bonds is 2. The summed E-state index contributed by atoms with van der Waals surface area (Å²) < 4.78 is 5.17. The van der Waals surface area contributed by atoms with Gasteiger partial charge in [0.2, 0.25) is 5.91 Å². The van der Waals surface area contributed by atoms with Crippen LogP contribution in [-0.2, 0) is 9.53 Å². The molecule has 2 fully saturated rings. The number of morpholine rings is 1. The summed E-state index contributed by atoms with van der Waals surface area (Å²) in [6.45, 7) is 2.73. The van der Waals surface area contributed by atoms with Crippen LogP contribution in [0.15, 0.2) is 0 Å². The molecule has 0 radical (unpaired) electrons. The van der Waals surface area contributed by atoms with E-state index in [2.05, 4.69) is 0 Å². The predicted molar refractivity (Wildman–Crippen MR) is 48.1 cm³/mol. The van der Waals surface area contributed by atoms with Gasteiger partial charge in [0.25, 0.3) is 0 Å². The minimum Gasteiger partial charge on any atom is -0.378 e. The minimum absolute atomic E-state index is 0.116. The number of hydrogen-bond acceptors (Lipinski definition) is 3. The molecule has 2 N–H and O–H groups in total. The van der Waals surface area contributed by atoms with Crippen LogP contribution in [0.25, 0.3) is 0 Å². The molecule has 2 rings (SSSR count). The zero-order valence-corrected chi connectivity index (χ0v) is 7.74. The van der Waals surface area contributed by atoms with Crippen LogP contribution >= 0.6 is 0 Å². The summed E-state index contributed by atoms with van der Waals surface area (Å²) in [6.07, 6.45) is 2.24. The van der Waals surface area contributed by atoms with E-state index in [0.717, 1.165) is 12.8 Å². The third kappa shape index (κ3) is 2.00. The molecule has 1 amide bonds. The first kappa shape index (κ1) is 8.97. The average Bonchev–Trinajstić information content (AvgIpc) is 3.00. The maximum absolute atomic E-state index is 11.7. The first-order valence-corrected chi connectivity index (χ1v) is 4.91. The zero-order valence-electron chi connectivity index (χ0n) is 7.74. The van der Waals surface area contributed by atoms with Gasteiger partial charge >= 0.3 is 0 Å². The van der Waals surface area contributed by atoms with Crippen molar-refractivity contribution in [1.82, 2.24) is 4.90 Å². The molecule has 0 aromatic carbocycles. The van der Waals surface area contributed by atoms with Crippen molar-refractivity contribution in [2.45, 2.75) is 18.9 Å². The van der Waals surface area contributed by atoms with Crippen LogP contribution < -0.4 is 5.73 Å². The number of nitrogens with zero attached hydrogens (tertiary/aromatic N) is 1. The number of nitrogens with two attached hydrogens (primary N) is 1. The van der Waals surface area contributed by atoms with E-state index in [1.165, 1.54) is 0 Å². The Bertz CT molecular complexity index is 198. The van der Waals surface area contributed by atoms with Crippen LogP contribution in [0.1, 0.15) is 12.8 Å². The van der Waals surface area contributed by atoms with Crippen LogP contribution in [0.5, 0.6) is 0 Å². The fourth-order valence-electron chi connectivity index (χ4n) is 1.65. The van der Waals surface area contributed by atoms with Gasteiger partial charge in [0.1, 0.15) is 0 Å². The second kappa shape index (κ2) is 3.64. The van der Waals surface area contributed by atoms with Gasteiger partial charge in [-0.3, -0.25) is 4.79 Å². The zero-order chi connectivity index (χ0) is 9.26. The number of amides is 1. The second-order valence-corrected chi connectivity index (χ2v) is 3.80. The van der Waals surface area contributed by atoms with Gasteiger partial charge in [0, 0.05) is 13.1 Å². The van der Waals surface area contributed by atoms with Crippen molar-refractivity contribution >= 4 is 5.91 Å². The Kier molecular flexibility index (Phi) is 2.51. The monoisotopic (exact) mass is 184 g/mol. The number of hydrogen-bond donors (Lipinski definition) is 1. The minimum atomic E-state index is -0.252. The molecule has 1 aliphatic heterocycles.